The molecule has 3 nitrogen and oxygen atoms in total. The molecule has 1 heterocycles. The Morgan fingerprint density at radius 2 is 1.83 bits per heavy atom. The highest BCUT2D eigenvalue weighted by atomic mass is 35.5. The molecule has 2 aromatic rings. The second kappa shape index (κ2) is 6.42. The van der Waals surface area contributed by atoms with Crippen molar-refractivity contribution in [2.45, 2.75) is 13.8 Å². The second-order valence-corrected chi connectivity index (χ2v) is 6.77. The smallest absolute Gasteiger partial charge is 0.268 e. The van der Waals surface area contributed by atoms with Crippen LogP contribution < -0.4 is 4.90 Å². The van der Waals surface area contributed by atoms with Gasteiger partial charge in [0, 0.05) is 5.56 Å². The predicted octanol–water partition coefficient (Wildman–Crippen LogP) is 5.34. The second-order valence-electron chi connectivity index (χ2n) is 5.37. The molecule has 122 valence electrons. The Hall–Kier alpha value is -2.11. The van der Waals surface area contributed by atoms with E-state index in [-0.39, 0.29) is 15.5 Å². The number of nitrogens with zero attached hydrogens (tertiary/aromatic N) is 1. The number of hydrogen-bond acceptors (Lipinski definition) is 3. The number of benzene rings is 2. The van der Waals surface area contributed by atoms with Gasteiger partial charge in [-0.2, -0.15) is 0 Å². The van der Waals surface area contributed by atoms with Crippen molar-refractivity contribution in [3.8, 4) is 0 Å². The molecular formula is C18H13ClFNO2S. The van der Waals surface area contributed by atoms with Gasteiger partial charge in [0.15, 0.2) is 0 Å². The number of rotatable bonds is 2. The van der Waals surface area contributed by atoms with E-state index < -0.39 is 17.0 Å². The quantitative estimate of drug-likeness (QED) is 0.678. The fraction of sp³-hybridized carbons (Fsp3) is 0.111. The Morgan fingerprint density at radius 1 is 1.12 bits per heavy atom. The highest BCUT2D eigenvalue weighted by molar-refractivity contribution is 8.19. The van der Waals surface area contributed by atoms with Crippen LogP contribution in [0.5, 0.6) is 0 Å². The first-order valence-electron chi connectivity index (χ1n) is 7.18. The maximum Gasteiger partial charge on any atom is 0.298 e. The summed E-state index contributed by atoms with van der Waals surface area (Å²) in [6.07, 6.45) is 1.33. The summed E-state index contributed by atoms with van der Waals surface area (Å²) in [6, 6.07) is 9.69. The van der Waals surface area contributed by atoms with Gasteiger partial charge in [0.05, 0.1) is 15.6 Å². The van der Waals surface area contributed by atoms with Crippen molar-refractivity contribution in [3.63, 3.8) is 0 Å². The third-order valence-corrected chi connectivity index (χ3v) is 5.08. The van der Waals surface area contributed by atoms with E-state index >= 15 is 0 Å². The van der Waals surface area contributed by atoms with Crippen LogP contribution in [0.25, 0.3) is 6.08 Å². The van der Waals surface area contributed by atoms with Crippen LogP contribution in [0.2, 0.25) is 5.02 Å². The first kappa shape index (κ1) is 16.7. The van der Waals surface area contributed by atoms with Crippen molar-refractivity contribution in [3.05, 3.63) is 68.8 Å². The zero-order valence-electron chi connectivity index (χ0n) is 13.0. The van der Waals surface area contributed by atoms with Gasteiger partial charge >= 0.3 is 0 Å². The van der Waals surface area contributed by atoms with E-state index in [1.54, 1.807) is 12.1 Å². The lowest BCUT2D eigenvalue weighted by Gasteiger charge is -2.16. The molecular weight excluding hydrogens is 349 g/mol. The number of anilines is 1. The van der Waals surface area contributed by atoms with Gasteiger partial charge in [0.1, 0.15) is 5.82 Å². The van der Waals surface area contributed by atoms with Gasteiger partial charge in [-0.3, -0.25) is 9.59 Å². The Kier molecular flexibility index (Phi) is 4.47. The molecule has 1 aliphatic heterocycles. The summed E-state index contributed by atoms with van der Waals surface area (Å²) < 4.78 is 13.9. The Morgan fingerprint density at radius 3 is 2.54 bits per heavy atom. The van der Waals surface area contributed by atoms with Gasteiger partial charge in [0.25, 0.3) is 11.1 Å². The maximum atomic E-state index is 13.9. The largest absolute Gasteiger partial charge is 0.298 e. The molecule has 24 heavy (non-hydrogen) atoms. The lowest BCUT2D eigenvalue weighted by atomic mass is 10.1. The van der Waals surface area contributed by atoms with Gasteiger partial charge in [-0.25, -0.2) is 9.29 Å². The first-order valence-corrected chi connectivity index (χ1v) is 8.38. The van der Waals surface area contributed by atoms with Gasteiger partial charge < -0.3 is 0 Å². The van der Waals surface area contributed by atoms with Gasteiger partial charge in [-0.05, 0) is 61.0 Å². The topological polar surface area (TPSA) is 37.4 Å². The first-order chi connectivity index (χ1) is 11.4. The molecule has 0 aromatic heterocycles. The zero-order chi connectivity index (χ0) is 17.4. The summed E-state index contributed by atoms with van der Waals surface area (Å²) in [4.78, 5) is 26.2. The van der Waals surface area contributed by atoms with Crippen LogP contribution in [-0.4, -0.2) is 11.1 Å². The van der Waals surface area contributed by atoms with Crippen molar-refractivity contribution < 1.29 is 14.0 Å². The molecule has 0 atom stereocenters. The van der Waals surface area contributed by atoms with E-state index in [2.05, 4.69) is 0 Å². The number of carbonyl (C=O) groups excluding carboxylic acids is 2. The number of aryl methyl sites for hydroxylation is 1. The number of carbonyl (C=O) groups is 2. The Labute approximate surface area is 148 Å². The highest BCUT2D eigenvalue weighted by Gasteiger charge is 2.37. The third-order valence-electron chi connectivity index (χ3n) is 3.89. The summed E-state index contributed by atoms with van der Waals surface area (Å²) in [5, 5.41) is -0.221. The van der Waals surface area contributed by atoms with E-state index in [9.17, 15) is 14.0 Å². The van der Waals surface area contributed by atoms with Gasteiger partial charge in [0.2, 0.25) is 0 Å². The molecule has 3 rings (SSSR count). The fourth-order valence-electron chi connectivity index (χ4n) is 2.43. The van der Waals surface area contributed by atoms with E-state index in [1.807, 2.05) is 19.9 Å². The van der Waals surface area contributed by atoms with E-state index in [1.165, 1.54) is 24.3 Å². The van der Waals surface area contributed by atoms with Crippen LogP contribution in [0.3, 0.4) is 0 Å². The molecule has 6 heteroatoms. The molecule has 2 amide bonds. The lowest BCUT2D eigenvalue weighted by molar-refractivity contribution is -0.113. The van der Waals surface area contributed by atoms with E-state index in [4.69, 9.17) is 11.6 Å². The summed E-state index contributed by atoms with van der Waals surface area (Å²) in [5.74, 6) is -1.01. The molecule has 2 aromatic carbocycles. The SMILES string of the molecule is Cc1cccc(N2C(=O)S/C(=C\c3c(F)cccc3Cl)C2=O)c1C. The lowest BCUT2D eigenvalue weighted by Crippen LogP contribution is -2.28. The van der Waals surface area contributed by atoms with Crippen molar-refractivity contribution in [1.29, 1.82) is 0 Å². The van der Waals surface area contributed by atoms with Crippen molar-refractivity contribution in [2.24, 2.45) is 0 Å². The minimum absolute atomic E-state index is 0.102. The average Bonchev–Trinajstić information content (AvgIpc) is 2.80. The summed E-state index contributed by atoms with van der Waals surface area (Å²) >= 11 is 6.76. The normalized spacial score (nSPS) is 16.3. The van der Waals surface area contributed by atoms with Crippen LogP contribution >= 0.6 is 23.4 Å². The number of amides is 2. The average molecular weight is 362 g/mol. The predicted molar refractivity (Wildman–Crippen MR) is 95.8 cm³/mol. The van der Waals surface area contributed by atoms with Crippen molar-refractivity contribution in [2.75, 3.05) is 4.90 Å². The summed E-state index contributed by atoms with van der Waals surface area (Å²) in [7, 11) is 0. The third kappa shape index (κ3) is 2.85. The van der Waals surface area contributed by atoms with Crippen LogP contribution in [-0.2, 0) is 4.79 Å². The van der Waals surface area contributed by atoms with Crippen LogP contribution in [0.4, 0.5) is 14.9 Å². The molecule has 0 aliphatic carbocycles. The molecule has 1 saturated heterocycles. The minimum atomic E-state index is -0.541. The van der Waals surface area contributed by atoms with Crippen LogP contribution in [0.15, 0.2) is 41.3 Å². The highest BCUT2D eigenvalue weighted by Crippen LogP contribution is 2.38. The number of imide groups is 1. The fourth-order valence-corrected chi connectivity index (χ4v) is 3.47. The zero-order valence-corrected chi connectivity index (χ0v) is 14.5. The van der Waals surface area contributed by atoms with Crippen molar-refractivity contribution in [1.82, 2.24) is 0 Å². The standard InChI is InChI=1S/C18H13ClFNO2S/c1-10-5-3-8-15(11(10)2)21-17(22)16(24-18(21)23)9-12-13(19)6-4-7-14(12)20/h3-9H,1-2H3/b16-9-. The molecule has 0 spiro atoms. The molecule has 0 radical (unpaired) electrons. The Balaban J connectivity index is 2.04. The van der Waals surface area contributed by atoms with E-state index in [0.717, 1.165) is 27.8 Å². The molecule has 0 bridgehead atoms. The van der Waals surface area contributed by atoms with Gasteiger partial charge in [-0.1, -0.05) is 29.8 Å². The number of halogens is 2. The summed E-state index contributed by atoms with van der Waals surface area (Å²) in [5.41, 5.74) is 2.48. The minimum Gasteiger partial charge on any atom is -0.268 e. The van der Waals surface area contributed by atoms with Crippen molar-refractivity contribution >= 4 is 46.3 Å². The van der Waals surface area contributed by atoms with E-state index in [0.29, 0.717) is 5.69 Å². The van der Waals surface area contributed by atoms with Crippen LogP contribution in [0, 0.1) is 19.7 Å². The number of hydrogen-bond donors (Lipinski definition) is 0. The summed E-state index contributed by atoms with van der Waals surface area (Å²) in [6.45, 7) is 3.76. The molecule has 1 fully saturated rings. The molecule has 1 aliphatic rings. The molecule has 0 unspecified atom stereocenters. The Bertz CT molecular complexity index is 874. The van der Waals surface area contributed by atoms with Gasteiger partial charge in [-0.15, -0.1) is 0 Å². The van der Waals surface area contributed by atoms with Crippen LogP contribution in [0.1, 0.15) is 16.7 Å². The maximum absolute atomic E-state index is 13.9. The monoisotopic (exact) mass is 361 g/mol. The number of thioether (sulfide) groups is 1. The molecule has 0 N–H and O–H groups in total. The molecule has 0 saturated carbocycles.